The van der Waals surface area contributed by atoms with Gasteiger partial charge >= 0.3 is 0 Å². The highest BCUT2D eigenvalue weighted by Gasteiger charge is 2.21. The molecular weight excluding hydrogens is 186 g/mol. The highest BCUT2D eigenvalue weighted by molar-refractivity contribution is 5.28. The molecule has 0 saturated heterocycles. The lowest BCUT2D eigenvalue weighted by Crippen LogP contribution is -2.37. The van der Waals surface area contributed by atoms with E-state index in [-0.39, 0.29) is 5.60 Å². The van der Waals surface area contributed by atoms with Gasteiger partial charge in [0.15, 0.2) is 0 Å². The Balaban J connectivity index is 2.06. The van der Waals surface area contributed by atoms with Gasteiger partial charge in [0.2, 0.25) is 0 Å². The number of hydroxylamine groups is 2. The van der Waals surface area contributed by atoms with E-state index < -0.39 is 0 Å². The zero-order valence-corrected chi connectivity index (χ0v) is 9.79. The first-order valence-corrected chi connectivity index (χ1v) is 5.55. The number of fused-ring (bicyclic) bond motifs is 1. The molecule has 0 N–H and O–H groups in total. The van der Waals surface area contributed by atoms with Crippen molar-refractivity contribution < 1.29 is 4.84 Å². The SMILES string of the molecule is CC(C)(C)ON1CCc2ccccc2C1. The van der Waals surface area contributed by atoms with Crippen LogP contribution < -0.4 is 0 Å². The Hall–Kier alpha value is -0.860. The minimum Gasteiger partial charge on any atom is -0.293 e. The van der Waals surface area contributed by atoms with Gasteiger partial charge in [0, 0.05) is 13.1 Å². The second-order valence-corrected chi connectivity index (χ2v) is 5.09. The normalized spacial score (nSPS) is 17.5. The average Bonchev–Trinajstić information content (AvgIpc) is 2.15. The number of hydrogen-bond acceptors (Lipinski definition) is 2. The maximum Gasteiger partial charge on any atom is 0.0816 e. The zero-order valence-electron chi connectivity index (χ0n) is 9.79. The van der Waals surface area contributed by atoms with Crippen LogP contribution in [0.4, 0.5) is 0 Å². The number of benzene rings is 1. The Morgan fingerprint density at radius 3 is 2.47 bits per heavy atom. The topological polar surface area (TPSA) is 12.5 Å². The summed E-state index contributed by atoms with van der Waals surface area (Å²) in [4.78, 5) is 5.87. The van der Waals surface area contributed by atoms with E-state index in [2.05, 4.69) is 50.1 Å². The molecule has 15 heavy (non-hydrogen) atoms. The van der Waals surface area contributed by atoms with Gasteiger partial charge in [-0.15, -0.1) is 0 Å². The molecule has 0 unspecified atom stereocenters. The lowest BCUT2D eigenvalue weighted by Gasteiger charge is -2.33. The van der Waals surface area contributed by atoms with Gasteiger partial charge in [0.05, 0.1) is 5.60 Å². The molecule has 0 aliphatic carbocycles. The summed E-state index contributed by atoms with van der Waals surface area (Å²) in [6.07, 6.45) is 1.09. The first kappa shape index (κ1) is 10.7. The van der Waals surface area contributed by atoms with Gasteiger partial charge in [0.25, 0.3) is 0 Å². The summed E-state index contributed by atoms with van der Waals surface area (Å²) in [6.45, 7) is 8.18. The van der Waals surface area contributed by atoms with Gasteiger partial charge in [-0.25, -0.2) is 0 Å². The van der Waals surface area contributed by atoms with Crippen LogP contribution in [-0.2, 0) is 17.8 Å². The van der Waals surface area contributed by atoms with Crippen molar-refractivity contribution in [2.24, 2.45) is 0 Å². The van der Waals surface area contributed by atoms with Crippen LogP contribution in [-0.4, -0.2) is 17.2 Å². The van der Waals surface area contributed by atoms with Gasteiger partial charge in [0.1, 0.15) is 0 Å². The van der Waals surface area contributed by atoms with E-state index in [1.165, 1.54) is 11.1 Å². The van der Waals surface area contributed by atoms with Gasteiger partial charge < -0.3 is 0 Å². The molecule has 0 radical (unpaired) electrons. The average molecular weight is 205 g/mol. The molecule has 82 valence electrons. The third-order valence-corrected chi connectivity index (χ3v) is 2.50. The molecule has 0 atom stereocenters. The van der Waals surface area contributed by atoms with E-state index in [1.807, 2.05) is 0 Å². The molecule has 2 rings (SSSR count). The third-order valence-electron chi connectivity index (χ3n) is 2.50. The van der Waals surface area contributed by atoms with E-state index in [4.69, 9.17) is 4.84 Å². The summed E-state index contributed by atoms with van der Waals surface area (Å²) >= 11 is 0. The van der Waals surface area contributed by atoms with Gasteiger partial charge in [-0.1, -0.05) is 24.3 Å². The first-order valence-electron chi connectivity index (χ1n) is 5.55. The smallest absolute Gasteiger partial charge is 0.0816 e. The molecule has 2 heteroatoms. The first-order chi connectivity index (χ1) is 7.04. The molecule has 1 heterocycles. The summed E-state index contributed by atoms with van der Waals surface area (Å²) in [5.74, 6) is 0. The minimum atomic E-state index is -0.0910. The number of rotatable bonds is 1. The molecule has 0 saturated carbocycles. The summed E-state index contributed by atoms with van der Waals surface area (Å²) in [5, 5.41) is 2.07. The van der Waals surface area contributed by atoms with Crippen molar-refractivity contribution in [3.63, 3.8) is 0 Å². The monoisotopic (exact) mass is 205 g/mol. The van der Waals surface area contributed by atoms with Crippen molar-refractivity contribution in [1.29, 1.82) is 0 Å². The van der Waals surface area contributed by atoms with Crippen molar-refractivity contribution in [2.45, 2.75) is 39.3 Å². The predicted octanol–water partition coefficient (Wildman–Crippen LogP) is 2.77. The summed E-state index contributed by atoms with van der Waals surface area (Å²) in [5.41, 5.74) is 2.77. The highest BCUT2D eigenvalue weighted by Crippen LogP contribution is 2.21. The molecule has 2 nitrogen and oxygen atoms in total. The quantitative estimate of drug-likeness (QED) is 0.699. The number of hydrogen-bond donors (Lipinski definition) is 0. The van der Waals surface area contributed by atoms with Crippen LogP contribution >= 0.6 is 0 Å². The standard InChI is InChI=1S/C13H19NO/c1-13(2,3)15-14-9-8-11-6-4-5-7-12(11)10-14/h4-7H,8-10H2,1-3H3. The van der Waals surface area contributed by atoms with E-state index in [0.717, 1.165) is 19.5 Å². The number of nitrogens with zero attached hydrogens (tertiary/aromatic N) is 1. The lowest BCUT2D eigenvalue weighted by molar-refractivity contribution is -0.236. The molecule has 0 bridgehead atoms. The molecule has 0 fully saturated rings. The molecule has 1 aromatic rings. The molecule has 0 aromatic heterocycles. The van der Waals surface area contributed by atoms with Crippen LogP contribution in [0.5, 0.6) is 0 Å². The van der Waals surface area contributed by atoms with E-state index >= 15 is 0 Å². The summed E-state index contributed by atoms with van der Waals surface area (Å²) < 4.78 is 0. The Morgan fingerprint density at radius 1 is 1.13 bits per heavy atom. The van der Waals surface area contributed by atoms with Crippen LogP contribution in [0.1, 0.15) is 31.9 Å². The fraction of sp³-hybridized carbons (Fsp3) is 0.538. The maximum atomic E-state index is 5.87. The molecule has 1 aliphatic heterocycles. The van der Waals surface area contributed by atoms with Gasteiger partial charge in [-0.3, -0.25) is 4.84 Å². The molecule has 1 aliphatic rings. The van der Waals surface area contributed by atoms with Crippen molar-refractivity contribution in [3.05, 3.63) is 35.4 Å². The predicted molar refractivity (Wildman–Crippen MR) is 61.4 cm³/mol. The molecule has 0 spiro atoms. The van der Waals surface area contributed by atoms with Gasteiger partial charge in [-0.2, -0.15) is 5.06 Å². The van der Waals surface area contributed by atoms with Crippen molar-refractivity contribution in [2.75, 3.05) is 6.54 Å². The van der Waals surface area contributed by atoms with E-state index in [1.54, 1.807) is 0 Å². The largest absolute Gasteiger partial charge is 0.293 e. The maximum absolute atomic E-state index is 5.87. The van der Waals surface area contributed by atoms with Crippen LogP contribution in [0, 0.1) is 0 Å². The summed E-state index contributed by atoms with van der Waals surface area (Å²) in [7, 11) is 0. The second-order valence-electron chi connectivity index (χ2n) is 5.09. The Morgan fingerprint density at radius 2 is 1.80 bits per heavy atom. The fourth-order valence-electron chi connectivity index (χ4n) is 1.94. The van der Waals surface area contributed by atoms with E-state index in [9.17, 15) is 0 Å². The summed E-state index contributed by atoms with van der Waals surface area (Å²) in [6, 6.07) is 8.61. The van der Waals surface area contributed by atoms with Crippen LogP contribution in [0.25, 0.3) is 0 Å². The minimum absolute atomic E-state index is 0.0910. The molecule has 1 aromatic carbocycles. The highest BCUT2D eigenvalue weighted by atomic mass is 16.7. The Labute approximate surface area is 91.8 Å². The second kappa shape index (κ2) is 3.95. The van der Waals surface area contributed by atoms with E-state index in [0.29, 0.717) is 0 Å². The third kappa shape index (κ3) is 2.80. The molecule has 0 amide bonds. The van der Waals surface area contributed by atoms with Crippen molar-refractivity contribution in [1.82, 2.24) is 5.06 Å². The lowest BCUT2D eigenvalue weighted by atomic mass is 10.0. The Kier molecular flexibility index (Phi) is 2.81. The van der Waals surface area contributed by atoms with Crippen LogP contribution in [0.15, 0.2) is 24.3 Å². The van der Waals surface area contributed by atoms with Gasteiger partial charge in [-0.05, 0) is 38.3 Å². The van der Waals surface area contributed by atoms with Crippen molar-refractivity contribution in [3.8, 4) is 0 Å². The Bertz CT molecular complexity index is 341. The fourth-order valence-corrected chi connectivity index (χ4v) is 1.94. The zero-order chi connectivity index (χ0) is 10.9. The van der Waals surface area contributed by atoms with Crippen molar-refractivity contribution >= 4 is 0 Å². The molecular formula is C13H19NO. The van der Waals surface area contributed by atoms with Crippen LogP contribution in [0.3, 0.4) is 0 Å². The van der Waals surface area contributed by atoms with Crippen LogP contribution in [0.2, 0.25) is 0 Å².